The van der Waals surface area contributed by atoms with E-state index in [1.54, 1.807) is 6.07 Å². The number of halogens is 1. The molecule has 0 aromatic carbocycles. The number of amides is 1. The molecule has 0 unspecified atom stereocenters. The number of methoxy groups -OCH3 is 1. The molecule has 3 aliphatic rings. The van der Waals surface area contributed by atoms with Crippen molar-refractivity contribution >= 4 is 23.1 Å². The molecular formula is C24H30FN3O5. The summed E-state index contributed by atoms with van der Waals surface area (Å²) in [4.78, 5) is 32.6. The van der Waals surface area contributed by atoms with E-state index in [0.29, 0.717) is 36.0 Å². The largest absolute Gasteiger partial charge is 0.464 e. The molecule has 4 heterocycles. The van der Waals surface area contributed by atoms with Crippen molar-refractivity contribution in [3.05, 3.63) is 35.4 Å². The number of nitrogens with one attached hydrogen (secondary N) is 1. The van der Waals surface area contributed by atoms with Gasteiger partial charge in [-0.1, -0.05) is 0 Å². The first kappa shape index (κ1) is 23.4. The lowest BCUT2D eigenvalue weighted by Gasteiger charge is -2.53. The molecule has 178 valence electrons. The molecule has 1 saturated carbocycles. The molecule has 2 saturated heterocycles. The highest BCUT2D eigenvalue weighted by Gasteiger charge is 2.50. The van der Waals surface area contributed by atoms with E-state index in [-0.39, 0.29) is 11.3 Å². The molecule has 5 rings (SSSR count). The quantitative estimate of drug-likeness (QED) is 0.672. The smallest absolute Gasteiger partial charge is 0.408 e. The van der Waals surface area contributed by atoms with E-state index >= 15 is 0 Å². The number of rotatable bonds is 5. The summed E-state index contributed by atoms with van der Waals surface area (Å²) in [6.45, 7) is 5.89. The van der Waals surface area contributed by atoms with Crippen molar-refractivity contribution in [3.63, 3.8) is 0 Å². The summed E-state index contributed by atoms with van der Waals surface area (Å²) in [7, 11) is 1.28. The highest BCUT2D eigenvalue weighted by atomic mass is 19.1. The number of aryl methyl sites for hydroxylation is 1. The molecule has 1 amide bonds. The Balaban J connectivity index is 1.46. The van der Waals surface area contributed by atoms with Crippen LogP contribution < -0.4 is 5.32 Å². The molecule has 1 N–H and O–H groups in total. The molecule has 2 bridgehead atoms. The lowest BCUT2D eigenvalue weighted by molar-refractivity contribution is -0.163. The van der Waals surface area contributed by atoms with Gasteiger partial charge < -0.3 is 19.5 Å². The molecule has 0 atom stereocenters. The minimum Gasteiger partial charge on any atom is -0.464 e. The molecule has 0 spiro atoms. The summed E-state index contributed by atoms with van der Waals surface area (Å²) in [5, 5.41) is 3.01. The van der Waals surface area contributed by atoms with Crippen molar-refractivity contribution in [1.82, 2.24) is 15.3 Å². The number of carbonyl (C=O) groups excluding carboxylic acids is 2. The van der Waals surface area contributed by atoms with E-state index < -0.39 is 29.0 Å². The van der Waals surface area contributed by atoms with Gasteiger partial charge in [0.2, 0.25) is 0 Å². The van der Waals surface area contributed by atoms with Crippen LogP contribution in [0.2, 0.25) is 0 Å². The zero-order chi connectivity index (χ0) is 23.9. The highest BCUT2D eigenvalue weighted by Crippen LogP contribution is 2.46. The van der Waals surface area contributed by atoms with Gasteiger partial charge in [0.15, 0.2) is 0 Å². The Morgan fingerprint density at radius 3 is 2.55 bits per heavy atom. The second-order valence-electron chi connectivity index (χ2n) is 10.0. The first-order valence-corrected chi connectivity index (χ1v) is 11.2. The normalized spacial score (nSPS) is 24.5. The number of esters is 1. The van der Waals surface area contributed by atoms with E-state index in [1.807, 2.05) is 20.8 Å². The first-order valence-electron chi connectivity index (χ1n) is 11.2. The third kappa shape index (κ3) is 4.93. The predicted molar refractivity (Wildman–Crippen MR) is 118 cm³/mol. The number of alkyl carbamates (subject to hydrolysis) is 1. The maximum atomic E-state index is 14.7. The molecule has 33 heavy (non-hydrogen) atoms. The third-order valence-corrected chi connectivity index (χ3v) is 6.53. The summed E-state index contributed by atoms with van der Waals surface area (Å²) >= 11 is 0. The van der Waals surface area contributed by atoms with E-state index in [9.17, 15) is 14.0 Å². The molecular weight excluding hydrogens is 429 g/mol. The van der Waals surface area contributed by atoms with Crippen LogP contribution in [-0.2, 0) is 20.6 Å². The minimum absolute atomic E-state index is 0.112. The van der Waals surface area contributed by atoms with Crippen molar-refractivity contribution in [2.45, 2.75) is 76.0 Å². The highest BCUT2D eigenvalue weighted by molar-refractivity contribution is 5.90. The Labute approximate surface area is 192 Å². The maximum Gasteiger partial charge on any atom is 0.408 e. The third-order valence-electron chi connectivity index (χ3n) is 6.53. The van der Waals surface area contributed by atoms with Gasteiger partial charge in [-0.05, 0) is 71.4 Å². The summed E-state index contributed by atoms with van der Waals surface area (Å²) < 4.78 is 31.1. The lowest BCUT2D eigenvalue weighted by Crippen LogP contribution is -2.63. The van der Waals surface area contributed by atoms with Crippen LogP contribution >= 0.6 is 0 Å². The SMILES string of the molecule is COC(=O)c1ccc2ncc(F)c(CCC34CCC(NC(=O)OC(C)(C)C)(CC3)CO4)c2n1. The molecule has 0 radical (unpaired) electrons. The van der Waals surface area contributed by atoms with E-state index in [2.05, 4.69) is 15.3 Å². The Morgan fingerprint density at radius 1 is 1.21 bits per heavy atom. The van der Waals surface area contributed by atoms with Gasteiger partial charge in [0.1, 0.15) is 17.1 Å². The standard InChI is InChI=1S/C24H30FN3O5/c1-22(2,3)33-21(30)28-23-9-11-24(12-10-23,32-14-23)8-7-15-16(25)13-26-17-5-6-18(20(29)31-4)27-19(15)17/h5-6,13H,7-12,14H2,1-4H3,(H,28,30). The monoisotopic (exact) mass is 459 g/mol. The average molecular weight is 460 g/mol. The van der Waals surface area contributed by atoms with Crippen molar-refractivity contribution < 1.29 is 28.2 Å². The van der Waals surface area contributed by atoms with Gasteiger partial charge >= 0.3 is 12.1 Å². The van der Waals surface area contributed by atoms with E-state index in [4.69, 9.17) is 14.2 Å². The summed E-state index contributed by atoms with van der Waals surface area (Å²) in [6, 6.07) is 3.16. The maximum absolute atomic E-state index is 14.7. The molecule has 9 heteroatoms. The van der Waals surface area contributed by atoms with Gasteiger partial charge in [0, 0.05) is 5.56 Å². The van der Waals surface area contributed by atoms with Crippen molar-refractivity contribution in [2.75, 3.05) is 13.7 Å². The number of hydrogen-bond acceptors (Lipinski definition) is 7. The minimum atomic E-state index is -0.581. The molecule has 2 aliphatic heterocycles. The van der Waals surface area contributed by atoms with Crippen LogP contribution in [0.5, 0.6) is 0 Å². The second kappa shape index (κ2) is 8.52. The van der Waals surface area contributed by atoms with Gasteiger partial charge in [-0.15, -0.1) is 0 Å². The van der Waals surface area contributed by atoms with Crippen LogP contribution in [0.15, 0.2) is 18.3 Å². The number of aromatic nitrogens is 2. The van der Waals surface area contributed by atoms with Crippen LogP contribution in [0, 0.1) is 5.82 Å². The molecule has 1 aliphatic carbocycles. The number of fused-ring (bicyclic) bond motifs is 4. The van der Waals surface area contributed by atoms with Gasteiger partial charge in [-0.25, -0.2) is 19.0 Å². The Kier molecular flexibility index (Phi) is 6.03. The fourth-order valence-electron chi connectivity index (χ4n) is 4.67. The van der Waals surface area contributed by atoms with Gasteiger partial charge in [-0.2, -0.15) is 0 Å². The molecule has 3 fully saturated rings. The Morgan fingerprint density at radius 2 is 1.94 bits per heavy atom. The van der Waals surface area contributed by atoms with Crippen LogP contribution in [-0.4, -0.2) is 52.5 Å². The van der Waals surface area contributed by atoms with Crippen LogP contribution in [0.4, 0.5) is 9.18 Å². The zero-order valence-corrected chi connectivity index (χ0v) is 19.5. The Hall–Kier alpha value is -2.81. The van der Waals surface area contributed by atoms with Crippen LogP contribution in [0.25, 0.3) is 11.0 Å². The predicted octanol–water partition coefficient (Wildman–Crippen LogP) is 4.09. The molecule has 2 aromatic heterocycles. The fraction of sp³-hybridized carbons (Fsp3) is 0.583. The number of ether oxygens (including phenoxy) is 3. The van der Waals surface area contributed by atoms with Crippen molar-refractivity contribution in [3.8, 4) is 0 Å². The van der Waals surface area contributed by atoms with Gasteiger partial charge in [0.05, 0.1) is 42.1 Å². The van der Waals surface area contributed by atoms with Crippen LogP contribution in [0.3, 0.4) is 0 Å². The van der Waals surface area contributed by atoms with Gasteiger partial charge in [0.25, 0.3) is 0 Å². The summed E-state index contributed by atoms with van der Waals surface area (Å²) in [5.74, 6) is -1.04. The number of nitrogens with zero attached hydrogens (tertiary/aromatic N) is 2. The number of carbonyl (C=O) groups is 2. The van der Waals surface area contributed by atoms with E-state index in [1.165, 1.54) is 19.4 Å². The number of pyridine rings is 2. The van der Waals surface area contributed by atoms with Crippen LogP contribution in [0.1, 0.15) is 68.9 Å². The first-order chi connectivity index (χ1) is 15.5. The van der Waals surface area contributed by atoms with Crippen molar-refractivity contribution in [2.24, 2.45) is 0 Å². The van der Waals surface area contributed by atoms with Gasteiger partial charge in [-0.3, -0.25) is 4.98 Å². The topological polar surface area (TPSA) is 99.6 Å². The van der Waals surface area contributed by atoms with Crippen molar-refractivity contribution in [1.29, 1.82) is 0 Å². The van der Waals surface area contributed by atoms with E-state index in [0.717, 1.165) is 25.7 Å². The average Bonchev–Trinajstić information content (AvgIpc) is 2.77. The fourth-order valence-corrected chi connectivity index (χ4v) is 4.67. The number of hydrogen-bond donors (Lipinski definition) is 1. The second-order valence-corrected chi connectivity index (χ2v) is 10.0. The Bertz CT molecular complexity index is 1060. The molecule has 8 nitrogen and oxygen atoms in total. The summed E-state index contributed by atoms with van der Waals surface area (Å²) in [5.41, 5.74) is 0.0506. The lowest BCUT2D eigenvalue weighted by atomic mass is 9.69. The zero-order valence-electron chi connectivity index (χ0n) is 19.5. The molecule has 2 aromatic rings. The summed E-state index contributed by atoms with van der Waals surface area (Å²) in [6.07, 6.45) is 4.83.